The van der Waals surface area contributed by atoms with E-state index in [0.717, 1.165) is 11.3 Å². The van der Waals surface area contributed by atoms with Gasteiger partial charge in [0.05, 0.1) is 29.4 Å². The van der Waals surface area contributed by atoms with Gasteiger partial charge < -0.3 is 26.1 Å². The maximum absolute atomic E-state index is 13.6. The molecule has 9 nitrogen and oxygen atoms in total. The third-order valence-corrected chi connectivity index (χ3v) is 6.77. The molecule has 36 heavy (non-hydrogen) atoms. The number of rotatable bonds is 6. The standard InChI is InChI=1S/C25H24ClFN6O3/c26-19-9-15(3-6-20(19)27)23-22(24(29)34)21-13-32(7-8-33(21)31-23)25(35)30-16-10-18(11-16)36-17-4-1-14(12-28)2-5-17/h1-6,9,12,16,18,28H,7-8,10-11,13H2,(H2,29,34)(H,30,35)/t16-,18-. The number of urea groups is 1. The van der Waals surface area contributed by atoms with Crippen LogP contribution in [0.2, 0.25) is 5.02 Å². The molecule has 0 unspecified atom stereocenters. The predicted octanol–water partition coefficient (Wildman–Crippen LogP) is 3.57. The van der Waals surface area contributed by atoms with Crippen molar-refractivity contribution in [3.8, 4) is 17.0 Å². The summed E-state index contributed by atoms with van der Waals surface area (Å²) in [6, 6.07) is 11.1. The highest BCUT2D eigenvalue weighted by Gasteiger charge is 2.35. The molecule has 1 aliphatic carbocycles. The van der Waals surface area contributed by atoms with Crippen molar-refractivity contribution in [2.75, 3.05) is 6.54 Å². The summed E-state index contributed by atoms with van der Waals surface area (Å²) in [5.74, 6) is -0.518. The van der Waals surface area contributed by atoms with Crippen LogP contribution < -0.4 is 15.8 Å². The molecule has 0 bridgehead atoms. The number of fused-ring (bicyclic) bond motifs is 1. The third kappa shape index (κ3) is 4.64. The summed E-state index contributed by atoms with van der Waals surface area (Å²) in [5, 5.41) is 14.7. The number of hydrogen-bond acceptors (Lipinski definition) is 5. The number of nitrogens with two attached hydrogens (primary N) is 1. The van der Waals surface area contributed by atoms with Gasteiger partial charge in [-0.2, -0.15) is 5.10 Å². The van der Waals surface area contributed by atoms with Crippen molar-refractivity contribution in [1.82, 2.24) is 20.0 Å². The van der Waals surface area contributed by atoms with Crippen molar-refractivity contribution in [2.45, 2.75) is 38.1 Å². The number of carbonyl (C=O) groups excluding carboxylic acids is 2. The van der Waals surface area contributed by atoms with Gasteiger partial charge in [-0.05, 0) is 48.0 Å². The number of benzene rings is 2. The van der Waals surface area contributed by atoms with Crippen molar-refractivity contribution < 1.29 is 18.7 Å². The fraction of sp³-hybridized carbons (Fsp3) is 0.280. The van der Waals surface area contributed by atoms with Crippen LogP contribution in [-0.4, -0.2) is 51.5 Å². The number of primary amides is 1. The fourth-order valence-corrected chi connectivity index (χ4v) is 4.66. The molecule has 4 N–H and O–H groups in total. The van der Waals surface area contributed by atoms with Gasteiger partial charge in [-0.1, -0.05) is 11.6 Å². The molecule has 1 fully saturated rings. The molecule has 2 heterocycles. The molecule has 3 aromatic rings. The molecule has 0 saturated heterocycles. The van der Waals surface area contributed by atoms with Crippen molar-refractivity contribution in [3.63, 3.8) is 0 Å². The van der Waals surface area contributed by atoms with Crippen LogP contribution in [0.4, 0.5) is 9.18 Å². The van der Waals surface area contributed by atoms with E-state index in [0.29, 0.717) is 42.9 Å². The zero-order valence-electron chi connectivity index (χ0n) is 19.2. The minimum Gasteiger partial charge on any atom is -0.490 e. The normalized spacial score (nSPS) is 18.7. The van der Waals surface area contributed by atoms with E-state index in [-0.39, 0.29) is 35.3 Å². The Morgan fingerprint density at radius 2 is 1.94 bits per heavy atom. The first-order chi connectivity index (χ1) is 17.3. The number of ether oxygens (including phenoxy) is 1. The van der Waals surface area contributed by atoms with Crippen LogP contribution in [0.25, 0.3) is 11.3 Å². The van der Waals surface area contributed by atoms with E-state index in [1.165, 1.54) is 24.4 Å². The molecule has 1 aromatic heterocycles. The van der Waals surface area contributed by atoms with Gasteiger partial charge in [0.2, 0.25) is 0 Å². The van der Waals surface area contributed by atoms with E-state index < -0.39 is 11.7 Å². The van der Waals surface area contributed by atoms with Gasteiger partial charge in [-0.15, -0.1) is 0 Å². The van der Waals surface area contributed by atoms with E-state index >= 15 is 0 Å². The maximum Gasteiger partial charge on any atom is 0.318 e. The average Bonchev–Trinajstić information content (AvgIpc) is 3.24. The van der Waals surface area contributed by atoms with Crippen LogP contribution in [0.5, 0.6) is 5.75 Å². The van der Waals surface area contributed by atoms with E-state index in [9.17, 15) is 14.0 Å². The quantitative estimate of drug-likeness (QED) is 0.438. The Hall–Kier alpha value is -3.92. The first-order valence-corrected chi connectivity index (χ1v) is 11.9. The molecule has 3 amide bonds. The number of nitrogens with zero attached hydrogens (tertiary/aromatic N) is 3. The third-order valence-electron chi connectivity index (χ3n) is 6.48. The van der Waals surface area contributed by atoms with Crippen LogP contribution in [0.3, 0.4) is 0 Å². The number of nitrogens with one attached hydrogen (secondary N) is 2. The van der Waals surface area contributed by atoms with Gasteiger partial charge in [0.1, 0.15) is 23.4 Å². The second-order valence-electron chi connectivity index (χ2n) is 8.88. The number of halogens is 2. The molecule has 1 saturated carbocycles. The maximum atomic E-state index is 13.6. The summed E-state index contributed by atoms with van der Waals surface area (Å²) in [6.07, 6.45) is 2.66. The number of amides is 3. The van der Waals surface area contributed by atoms with E-state index in [1.807, 2.05) is 24.3 Å². The van der Waals surface area contributed by atoms with Crippen molar-refractivity contribution in [2.24, 2.45) is 5.73 Å². The number of aromatic nitrogens is 2. The predicted molar refractivity (Wildman–Crippen MR) is 132 cm³/mol. The van der Waals surface area contributed by atoms with Crippen LogP contribution >= 0.6 is 11.6 Å². The Bertz CT molecular complexity index is 1340. The smallest absolute Gasteiger partial charge is 0.318 e. The summed E-state index contributed by atoms with van der Waals surface area (Å²) >= 11 is 5.92. The SMILES string of the molecule is N=Cc1ccc(O[C@H]2C[C@H](NC(=O)N3CCn4nc(-c5ccc(F)c(Cl)c5)c(C(N)=O)c4C3)C2)cc1. The van der Waals surface area contributed by atoms with Gasteiger partial charge in [0.25, 0.3) is 5.91 Å². The Labute approximate surface area is 211 Å². The topological polar surface area (TPSA) is 126 Å². The Balaban J connectivity index is 1.22. The molecule has 5 rings (SSSR count). The fourth-order valence-electron chi connectivity index (χ4n) is 4.48. The van der Waals surface area contributed by atoms with Crippen LogP contribution in [-0.2, 0) is 13.1 Å². The largest absolute Gasteiger partial charge is 0.490 e. The summed E-state index contributed by atoms with van der Waals surface area (Å²) < 4.78 is 21.2. The highest BCUT2D eigenvalue weighted by molar-refractivity contribution is 6.31. The molecule has 1 aliphatic heterocycles. The minimum absolute atomic E-state index is 0.00970. The molecular weight excluding hydrogens is 487 g/mol. The molecule has 2 aliphatic rings. The lowest BCUT2D eigenvalue weighted by Crippen LogP contribution is -2.54. The number of carbonyl (C=O) groups is 2. The second kappa shape index (κ2) is 9.62. The lowest BCUT2D eigenvalue weighted by atomic mass is 9.89. The molecule has 186 valence electrons. The lowest BCUT2D eigenvalue weighted by Gasteiger charge is -2.37. The van der Waals surface area contributed by atoms with Gasteiger partial charge in [-0.25, -0.2) is 9.18 Å². The summed E-state index contributed by atoms with van der Waals surface area (Å²) in [7, 11) is 0. The van der Waals surface area contributed by atoms with Gasteiger partial charge in [0, 0.05) is 37.2 Å². The number of hydrogen-bond donors (Lipinski definition) is 3. The van der Waals surface area contributed by atoms with Gasteiger partial charge in [0.15, 0.2) is 0 Å². The monoisotopic (exact) mass is 510 g/mol. The van der Waals surface area contributed by atoms with E-state index in [2.05, 4.69) is 10.4 Å². The second-order valence-corrected chi connectivity index (χ2v) is 9.29. The zero-order valence-corrected chi connectivity index (χ0v) is 20.0. The summed E-state index contributed by atoms with van der Waals surface area (Å²) in [5.41, 5.74) is 7.99. The van der Waals surface area contributed by atoms with Crippen LogP contribution in [0.15, 0.2) is 42.5 Å². The lowest BCUT2D eigenvalue weighted by molar-refractivity contribution is 0.0832. The Kier molecular flexibility index (Phi) is 6.36. The van der Waals surface area contributed by atoms with E-state index in [4.69, 9.17) is 27.5 Å². The average molecular weight is 511 g/mol. The van der Waals surface area contributed by atoms with Gasteiger partial charge >= 0.3 is 6.03 Å². The first-order valence-electron chi connectivity index (χ1n) is 11.5. The van der Waals surface area contributed by atoms with Gasteiger partial charge in [-0.3, -0.25) is 9.48 Å². The zero-order chi connectivity index (χ0) is 25.4. The Morgan fingerprint density at radius 1 is 1.19 bits per heavy atom. The summed E-state index contributed by atoms with van der Waals surface area (Å²) in [6.45, 7) is 0.965. The van der Waals surface area contributed by atoms with Crippen LogP contribution in [0.1, 0.15) is 34.5 Å². The molecule has 0 radical (unpaired) electrons. The molecule has 2 aromatic carbocycles. The molecule has 0 atom stereocenters. The van der Waals surface area contributed by atoms with E-state index in [1.54, 1.807) is 9.58 Å². The molecule has 11 heteroatoms. The van der Waals surface area contributed by atoms with Crippen molar-refractivity contribution in [1.29, 1.82) is 5.41 Å². The summed E-state index contributed by atoms with van der Waals surface area (Å²) in [4.78, 5) is 26.9. The highest BCUT2D eigenvalue weighted by atomic mass is 35.5. The van der Waals surface area contributed by atoms with Crippen molar-refractivity contribution in [3.05, 3.63) is 70.1 Å². The molecule has 0 spiro atoms. The molecular formula is C25H24ClFN6O3. The van der Waals surface area contributed by atoms with Crippen LogP contribution in [0, 0.1) is 11.2 Å². The first kappa shape index (κ1) is 23.8. The Morgan fingerprint density at radius 3 is 2.61 bits per heavy atom. The minimum atomic E-state index is -0.679. The van der Waals surface area contributed by atoms with Crippen molar-refractivity contribution >= 4 is 29.8 Å². The highest BCUT2D eigenvalue weighted by Crippen LogP contribution is 2.31.